The zero-order valence-electron chi connectivity index (χ0n) is 13.6. The number of rotatable bonds is 5. The zero-order chi connectivity index (χ0) is 16.1. The number of unbranched alkanes of at least 4 members (excludes halogenated alkanes) is 1. The molecule has 1 amide bonds. The first-order chi connectivity index (χ1) is 11.3. The van der Waals surface area contributed by atoms with Gasteiger partial charge in [0.25, 0.3) is 5.91 Å². The number of hydrogen-bond acceptors (Lipinski definition) is 3. The third kappa shape index (κ3) is 3.52. The highest BCUT2D eigenvalue weighted by Crippen LogP contribution is 2.28. The van der Waals surface area contributed by atoms with Gasteiger partial charge in [-0.2, -0.15) is 0 Å². The molecule has 1 aliphatic heterocycles. The topological polar surface area (TPSA) is 45.2 Å². The van der Waals surface area contributed by atoms with E-state index in [0.717, 1.165) is 50.1 Å². The number of aryl methyl sites for hydroxylation is 1. The van der Waals surface area contributed by atoms with E-state index in [-0.39, 0.29) is 5.91 Å². The fraction of sp³-hybridized carbons (Fsp3) is 0.368. The molecule has 2 aromatic rings. The molecule has 3 rings (SSSR count). The molecule has 1 N–H and O–H groups in total. The van der Waals surface area contributed by atoms with Crippen LogP contribution in [0.1, 0.15) is 42.1 Å². The second-order valence-electron chi connectivity index (χ2n) is 5.93. The van der Waals surface area contributed by atoms with Gasteiger partial charge in [-0.3, -0.25) is 9.78 Å². The molecule has 4 nitrogen and oxygen atoms in total. The van der Waals surface area contributed by atoms with E-state index >= 15 is 0 Å². The monoisotopic (exact) mass is 309 g/mol. The van der Waals surface area contributed by atoms with Gasteiger partial charge in [-0.15, -0.1) is 0 Å². The van der Waals surface area contributed by atoms with Crippen LogP contribution < -0.4 is 10.2 Å². The summed E-state index contributed by atoms with van der Waals surface area (Å²) >= 11 is 0. The number of hydrogen-bond donors (Lipinski definition) is 1. The molecule has 0 saturated carbocycles. The third-order valence-electron chi connectivity index (χ3n) is 4.20. The van der Waals surface area contributed by atoms with Gasteiger partial charge in [0.15, 0.2) is 0 Å². The van der Waals surface area contributed by atoms with E-state index in [1.165, 1.54) is 5.56 Å². The lowest BCUT2D eigenvalue weighted by molar-refractivity contribution is 0.0985. The number of carbonyl (C=O) groups excluding carboxylic acids is 1. The second kappa shape index (κ2) is 7.27. The number of benzene rings is 1. The summed E-state index contributed by atoms with van der Waals surface area (Å²) in [5.41, 5.74) is 3.84. The highest BCUT2D eigenvalue weighted by molar-refractivity contribution is 6.07. The molecule has 0 bridgehead atoms. The minimum absolute atomic E-state index is 0.0313. The van der Waals surface area contributed by atoms with Crippen LogP contribution in [-0.2, 0) is 6.42 Å². The van der Waals surface area contributed by atoms with Gasteiger partial charge in [0.2, 0.25) is 0 Å². The van der Waals surface area contributed by atoms with Crippen LogP contribution in [0, 0.1) is 0 Å². The second-order valence-corrected chi connectivity index (χ2v) is 5.93. The number of fused-ring (bicyclic) bond motifs is 1. The number of aromatic nitrogens is 1. The molecule has 1 aromatic heterocycles. The van der Waals surface area contributed by atoms with Gasteiger partial charge in [0.05, 0.1) is 11.3 Å². The number of amides is 1. The number of nitrogens with one attached hydrogen (secondary N) is 1. The molecular weight excluding hydrogens is 286 g/mol. The molecule has 4 heteroatoms. The van der Waals surface area contributed by atoms with Crippen molar-refractivity contribution >= 4 is 17.3 Å². The fourth-order valence-electron chi connectivity index (χ4n) is 2.96. The summed E-state index contributed by atoms with van der Waals surface area (Å²) in [5, 5.41) is 3.33. The minimum atomic E-state index is 0.0313. The third-order valence-corrected chi connectivity index (χ3v) is 4.20. The molecule has 23 heavy (non-hydrogen) atoms. The molecule has 120 valence electrons. The highest BCUT2D eigenvalue weighted by Gasteiger charge is 2.23. The van der Waals surface area contributed by atoms with E-state index < -0.39 is 0 Å². The van der Waals surface area contributed by atoms with Crippen molar-refractivity contribution in [2.24, 2.45) is 0 Å². The van der Waals surface area contributed by atoms with Crippen molar-refractivity contribution < 1.29 is 4.79 Å². The first-order valence-corrected chi connectivity index (χ1v) is 8.38. The maximum Gasteiger partial charge on any atom is 0.259 e. The Balaban J connectivity index is 1.80. The van der Waals surface area contributed by atoms with Crippen molar-refractivity contribution in [1.29, 1.82) is 0 Å². The zero-order valence-corrected chi connectivity index (χ0v) is 13.6. The van der Waals surface area contributed by atoms with Crippen LogP contribution in [-0.4, -0.2) is 24.0 Å². The van der Waals surface area contributed by atoms with Crippen LogP contribution in [0.15, 0.2) is 42.7 Å². The molecule has 2 heterocycles. The first kappa shape index (κ1) is 15.5. The Morgan fingerprint density at radius 3 is 3.04 bits per heavy atom. The molecule has 1 aromatic carbocycles. The van der Waals surface area contributed by atoms with Crippen LogP contribution >= 0.6 is 0 Å². The number of pyridine rings is 1. The molecular formula is C19H23N3O. The quantitative estimate of drug-likeness (QED) is 0.852. The lowest BCUT2D eigenvalue weighted by Gasteiger charge is -2.29. The predicted molar refractivity (Wildman–Crippen MR) is 94.1 cm³/mol. The Labute approximate surface area is 137 Å². The molecule has 1 aliphatic rings. The molecule has 0 spiro atoms. The van der Waals surface area contributed by atoms with Gasteiger partial charge in [0, 0.05) is 31.2 Å². The van der Waals surface area contributed by atoms with Gasteiger partial charge in [-0.05, 0) is 37.0 Å². The van der Waals surface area contributed by atoms with E-state index in [1.807, 2.05) is 29.2 Å². The number of carbonyl (C=O) groups is 1. The van der Waals surface area contributed by atoms with Crippen molar-refractivity contribution in [3.05, 3.63) is 53.9 Å². The van der Waals surface area contributed by atoms with Gasteiger partial charge in [-0.25, -0.2) is 0 Å². The summed E-state index contributed by atoms with van der Waals surface area (Å²) in [5.74, 6) is 0.0313. The summed E-state index contributed by atoms with van der Waals surface area (Å²) < 4.78 is 0. The maximum atomic E-state index is 12.9. The van der Waals surface area contributed by atoms with E-state index in [9.17, 15) is 4.79 Å². The lowest BCUT2D eigenvalue weighted by atomic mass is 10.0. The largest absolute Gasteiger partial charge is 0.384 e. The van der Waals surface area contributed by atoms with Gasteiger partial charge in [0.1, 0.15) is 0 Å². The van der Waals surface area contributed by atoms with Gasteiger partial charge >= 0.3 is 0 Å². The maximum absolute atomic E-state index is 12.9. The van der Waals surface area contributed by atoms with Gasteiger partial charge < -0.3 is 10.2 Å². The summed E-state index contributed by atoms with van der Waals surface area (Å²) in [6.07, 6.45) is 7.73. The van der Waals surface area contributed by atoms with Crippen LogP contribution in [0.25, 0.3) is 0 Å². The Morgan fingerprint density at radius 1 is 1.30 bits per heavy atom. The Kier molecular flexibility index (Phi) is 4.91. The summed E-state index contributed by atoms with van der Waals surface area (Å²) in [6.45, 7) is 3.83. The first-order valence-electron chi connectivity index (χ1n) is 8.38. The normalized spacial score (nSPS) is 13.5. The smallest absolute Gasteiger partial charge is 0.259 e. The molecule has 0 saturated heterocycles. The van der Waals surface area contributed by atoms with Crippen molar-refractivity contribution in [1.82, 2.24) is 4.98 Å². The standard InChI is InChI=1S/C19H23N3O/c1-2-3-10-21-17-12-16(13-20-14-17)19(23)22-11-6-8-15-7-4-5-9-18(15)22/h4-5,7,9,12-14,21H,2-3,6,8,10-11H2,1H3. The lowest BCUT2D eigenvalue weighted by Crippen LogP contribution is -2.35. The van der Waals surface area contributed by atoms with Gasteiger partial charge in [-0.1, -0.05) is 31.5 Å². The predicted octanol–water partition coefficient (Wildman–Crippen LogP) is 3.89. The van der Waals surface area contributed by atoms with Crippen LogP contribution in [0.2, 0.25) is 0 Å². The summed E-state index contributed by atoms with van der Waals surface area (Å²) in [4.78, 5) is 19.0. The van der Waals surface area contributed by atoms with E-state index in [4.69, 9.17) is 0 Å². The Morgan fingerprint density at radius 2 is 2.17 bits per heavy atom. The molecule has 0 aliphatic carbocycles. The van der Waals surface area contributed by atoms with Crippen molar-refractivity contribution in [2.75, 3.05) is 23.3 Å². The summed E-state index contributed by atoms with van der Waals surface area (Å²) in [7, 11) is 0. The molecule has 0 atom stereocenters. The van der Waals surface area contributed by atoms with Crippen LogP contribution in [0.5, 0.6) is 0 Å². The molecule has 0 fully saturated rings. The van der Waals surface area contributed by atoms with E-state index in [2.05, 4.69) is 23.3 Å². The number of nitrogens with zero attached hydrogens (tertiary/aromatic N) is 2. The molecule has 0 unspecified atom stereocenters. The van der Waals surface area contributed by atoms with E-state index in [0.29, 0.717) is 5.56 Å². The average molecular weight is 309 g/mol. The van der Waals surface area contributed by atoms with Crippen molar-refractivity contribution in [3.8, 4) is 0 Å². The number of anilines is 2. The highest BCUT2D eigenvalue weighted by atomic mass is 16.2. The average Bonchev–Trinajstić information content (AvgIpc) is 2.61. The Bertz CT molecular complexity index is 684. The van der Waals surface area contributed by atoms with Crippen molar-refractivity contribution in [3.63, 3.8) is 0 Å². The van der Waals surface area contributed by atoms with Crippen LogP contribution in [0.3, 0.4) is 0 Å². The minimum Gasteiger partial charge on any atom is -0.384 e. The summed E-state index contributed by atoms with van der Waals surface area (Å²) in [6, 6.07) is 10.1. The van der Waals surface area contributed by atoms with E-state index in [1.54, 1.807) is 12.4 Å². The SMILES string of the molecule is CCCCNc1cncc(C(=O)N2CCCc3ccccc32)c1. The molecule has 0 radical (unpaired) electrons. The van der Waals surface area contributed by atoms with Crippen LogP contribution in [0.4, 0.5) is 11.4 Å². The fourth-order valence-corrected chi connectivity index (χ4v) is 2.96. The Hall–Kier alpha value is -2.36. The van der Waals surface area contributed by atoms with Crippen molar-refractivity contribution in [2.45, 2.75) is 32.6 Å². The number of para-hydroxylation sites is 1.